The first kappa shape index (κ1) is 10.2. The highest BCUT2D eigenvalue weighted by molar-refractivity contribution is 9.10. The summed E-state index contributed by atoms with van der Waals surface area (Å²) in [5, 5.41) is 0. The summed E-state index contributed by atoms with van der Waals surface area (Å²) in [6.07, 6.45) is 1.78. The molecule has 0 aliphatic heterocycles. The summed E-state index contributed by atoms with van der Waals surface area (Å²) in [5.41, 5.74) is 1.98. The second kappa shape index (κ2) is 4.03. The molecule has 3 heteroatoms. The Hall–Kier alpha value is -1.35. The highest BCUT2D eigenvalue weighted by Gasteiger charge is 2.02. The molecule has 15 heavy (non-hydrogen) atoms. The minimum Gasteiger partial charge on any atom is -0.284 e. The highest BCUT2D eigenvalue weighted by atomic mass is 79.9. The van der Waals surface area contributed by atoms with E-state index in [0.29, 0.717) is 0 Å². The van der Waals surface area contributed by atoms with Gasteiger partial charge in [0.15, 0.2) is 0 Å². The molecule has 1 aromatic carbocycles. The molecule has 0 saturated carbocycles. The van der Waals surface area contributed by atoms with E-state index in [1.165, 1.54) is 0 Å². The topological polar surface area (TPSA) is 22.0 Å². The van der Waals surface area contributed by atoms with Crippen molar-refractivity contribution in [1.82, 2.24) is 4.57 Å². The fourth-order valence-electron chi connectivity index (χ4n) is 1.52. The molecule has 0 fully saturated rings. The molecule has 1 aromatic heterocycles. The van der Waals surface area contributed by atoms with Gasteiger partial charge in [0.2, 0.25) is 0 Å². The average molecular weight is 264 g/mol. The standard InChI is InChI=1S/C12H10BrNO/c1-9-8-10(13)5-6-11(9)14-7-3-2-4-12(14)15/h2-8H,1H3. The van der Waals surface area contributed by atoms with Crippen LogP contribution in [0.5, 0.6) is 0 Å². The van der Waals surface area contributed by atoms with Gasteiger partial charge in [-0.15, -0.1) is 0 Å². The van der Waals surface area contributed by atoms with Crippen LogP contribution in [0.3, 0.4) is 0 Å². The SMILES string of the molecule is Cc1cc(Br)ccc1-n1ccccc1=O. The number of benzene rings is 1. The number of nitrogens with zero attached hydrogens (tertiary/aromatic N) is 1. The largest absolute Gasteiger partial charge is 0.284 e. The zero-order chi connectivity index (χ0) is 10.8. The van der Waals surface area contributed by atoms with Gasteiger partial charge in [-0.25, -0.2) is 0 Å². The van der Waals surface area contributed by atoms with Crippen LogP contribution in [0.2, 0.25) is 0 Å². The smallest absolute Gasteiger partial charge is 0.255 e. The van der Waals surface area contributed by atoms with E-state index < -0.39 is 0 Å². The minimum absolute atomic E-state index is 0.0112. The van der Waals surface area contributed by atoms with Gasteiger partial charge in [-0.2, -0.15) is 0 Å². The van der Waals surface area contributed by atoms with Crippen LogP contribution in [0.4, 0.5) is 0 Å². The van der Waals surface area contributed by atoms with Crippen LogP contribution in [0.15, 0.2) is 51.9 Å². The zero-order valence-electron chi connectivity index (χ0n) is 8.27. The van der Waals surface area contributed by atoms with Crippen LogP contribution in [0.25, 0.3) is 5.69 Å². The number of hydrogen-bond acceptors (Lipinski definition) is 1. The third kappa shape index (κ3) is 2.02. The third-order valence-corrected chi connectivity index (χ3v) is 2.73. The van der Waals surface area contributed by atoms with E-state index >= 15 is 0 Å². The molecule has 2 aromatic rings. The summed E-state index contributed by atoms with van der Waals surface area (Å²) in [5.74, 6) is 0. The lowest BCUT2D eigenvalue weighted by molar-refractivity contribution is 0.977. The molecule has 0 spiro atoms. The van der Waals surface area contributed by atoms with Gasteiger partial charge < -0.3 is 0 Å². The van der Waals surface area contributed by atoms with E-state index in [9.17, 15) is 4.79 Å². The van der Waals surface area contributed by atoms with Crippen molar-refractivity contribution in [3.05, 3.63) is 63.0 Å². The van der Waals surface area contributed by atoms with Gasteiger partial charge in [-0.3, -0.25) is 9.36 Å². The zero-order valence-corrected chi connectivity index (χ0v) is 9.86. The number of hydrogen-bond donors (Lipinski definition) is 0. The van der Waals surface area contributed by atoms with Crippen molar-refractivity contribution in [1.29, 1.82) is 0 Å². The van der Waals surface area contributed by atoms with Gasteiger partial charge in [0.1, 0.15) is 0 Å². The van der Waals surface area contributed by atoms with Crippen LogP contribution in [-0.4, -0.2) is 4.57 Å². The predicted molar refractivity (Wildman–Crippen MR) is 64.5 cm³/mol. The Morgan fingerprint density at radius 2 is 2.00 bits per heavy atom. The van der Waals surface area contributed by atoms with Gasteiger partial charge in [0.05, 0.1) is 5.69 Å². The number of pyridine rings is 1. The van der Waals surface area contributed by atoms with Gasteiger partial charge in [-0.1, -0.05) is 22.0 Å². The van der Waals surface area contributed by atoms with E-state index in [1.807, 2.05) is 31.2 Å². The molecule has 0 N–H and O–H groups in total. The Morgan fingerprint density at radius 3 is 2.67 bits per heavy atom. The molecule has 0 radical (unpaired) electrons. The second-order valence-corrected chi connectivity index (χ2v) is 4.26. The van der Waals surface area contributed by atoms with Crippen molar-refractivity contribution in [2.75, 3.05) is 0 Å². The normalized spacial score (nSPS) is 10.3. The van der Waals surface area contributed by atoms with Crippen molar-refractivity contribution in [2.24, 2.45) is 0 Å². The molecule has 0 amide bonds. The lowest BCUT2D eigenvalue weighted by Gasteiger charge is -2.08. The van der Waals surface area contributed by atoms with Gasteiger partial charge in [-0.05, 0) is 36.8 Å². The molecular weight excluding hydrogens is 254 g/mol. The van der Waals surface area contributed by atoms with E-state index in [1.54, 1.807) is 22.9 Å². The fourth-order valence-corrected chi connectivity index (χ4v) is 1.99. The summed E-state index contributed by atoms with van der Waals surface area (Å²) in [6, 6.07) is 11.0. The first-order valence-corrected chi connectivity index (χ1v) is 5.42. The Balaban J connectivity index is 2.65. The van der Waals surface area contributed by atoms with Gasteiger partial charge in [0, 0.05) is 16.7 Å². The van der Waals surface area contributed by atoms with Crippen LogP contribution in [0.1, 0.15) is 5.56 Å². The van der Waals surface area contributed by atoms with Crippen LogP contribution < -0.4 is 5.56 Å². The van der Waals surface area contributed by atoms with Gasteiger partial charge in [0.25, 0.3) is 5.56 Å². The van der Waals surface area contributed by atoms with Crippen molar-refractivity contribution < 1.29 is 0 Å². The predicted octanol–water partition coefficient (Wildman–Crippen LogP) is 2.91. The molecule has 0 aliphatic rings. The Bertz CT molecular complexity index is 545. The Morgan fingerprint density at radius 1 is 1.20 bits per heavy atom. The molecule has 0 bridgehead atoms. The highest BCUT2D eigenvalue weighted by Crippen LogP contribution is 2.17. The number of halogens is 1. The van der Waals surface area contributed by atoms with Crippen LogP contribution in [-0.2, 0) is 0 Å². The summed E-state index contributed by atoms with van der Waals surface area (Å²) in [4.78, 5) is 11.6. The lowest BCUT2D eigenvalue weighted by Crippen LogP contribution is -2.16. The second-order valence-electron chi connectivity index (χ2n) is 3.34. The Kier molecular flexibility index (Phi) is 2.73. The molecule has 0 aliphatic carbocycles. The van der Waals surface area contributed by atoms with E-state index in [-0.39, 0.29) is 5.56 Å². The summed E-state index contributed by atoms with van der Waals surface area (Å²) in [7, 11) is 0. The molecule has 0 unspecified atom stereocenters. The first-order chi connectivity index (χ1) is 7.18. The number of rotatable bonds is 1. The fraction of sp³-hybridized carbons (Fsp3) is 0.0833. The molecular formula is C12H10BrNO. The summed E-state index contributed by atoms with van der Waals surface area (Å²) < 4.78 is 2.66. The third-order valence-electron chi connectivity index (χ3n) is 2.24. The molecule has 1 heterocycles. The van der Waals surface area contributed by atoms with E-state index in [0.717, 1.165) is 15.7 Å². The minimum atomic E-state index is -0.0112. The monoisotopic (exact) mass is 263 g/mol. The first-order valence-electron chi connectivity index (χ1n) is 4.63. The van der Waals surface area contributed by atoms with E-state index in [2.05, 4.69) is 15.9 Å². The molecule has 2 nitrogen and oxygen atoms in total. The quantitative estimate of drug-likeness (QED) is 0.776. The molecule has 0 saturated heterocycles. The van der Waals surface area contributed by atoms with E-state index in [4.69, 9.17) is 0 Å². The molecule has 0 atom stereocenters. The number of aryl methyl sites for hydroxylation is 1. The maximum atomic E-state index is 11.6. The Labute approximate surface area is 96.3 Å². The van der Waals surface area contributed by atoms with Crippen molar-refractivity contribution in [2.45, 2.75) is 6.92 Å². The average Bonchev–Trinajstić information content (AvgIpc) is 2.20. The van der Waals surface area contributed by atoms with Crippen molar-refractivity contribution in [3.63, 3.8) is 0 Å². The molecule has 2 rings (SSSR count). The maximum Gasteiger partial charge on any atom is 0.255 e. The lowest BCUT2D eigenvalue weighted by atomic mass is 10.2. The van der Waals surface area contributed by atoms with Crippen LogP contribution in [0, 0.1) is 6.92 Å². The summed E-state index contributed by atoms with van der Waals surface area (Å²) >= 11 is 3.40. The summed E-state index contributed by atoms with van der Waals surface area (Å²) in [6.45, 7) is 1.99. The number of aromatic nitrogens is 1. The van der Waals surface area contributed by atoms with Crippen LogP contribution >= 0.6 is 15.9 Å². The molecule has 76 valence electrons. The van der Waals surface area contributed by atoms with Crippen molar-refractivity contribution in [3.8, 4) is 5.69 Å². The van der Waals surface area contributed by atoms with Gasteiger partial charge >= 0.3 is 0 Å². The maximum absolute atomic E-state index is 11.6. The van der Waals surface area contributed by atoms with Crippen molar-refractivity contribution >= 4 is 15.9 Å².